The van der Waals surface area contributed by atoms with Crippen LogP contribution in [0.25, 0.3) is 0 Å². The van der Waals surface area contributed by atoms with E-state index in [1.54, 1.807) is 0 Å². The number of carbonyl (C=O) groups excluding carboxylic acids is 1. The molecule has 0 aliphatic carbocycles. The third-order valence-corrected chi connectivity index (χ3v) is 1.47. The van der Waals surface area contributed by atoms with Crippen molar-refractivity contribution in [2.45, 2.75) is 53.9 Å². The summed E-state index contributed by atoms with van der Waals surface area (Å²) in [4.78, 5) is 12.2. The number of rotatable bonds is 6. The lowest BCUT2D eigenvalue weighted by atomic mass is 10.3. The largest absolute Gasteiger partial charge is 0.306 e. The van der Waals surface area contributed by atoms with Crippen molar-refractivity contribution >= 4 is 6.29 Å². The van der Waals surface area contributed by atoms with Gasteiger partial charge in [-0.05, 0) is 33.0 Å². The monoisotopic (exact) mass is 203 g/mol. The van der Waals surface area contributed by atoms with Crippen molar-refractivity contribution in [2.24, 2.45) is 0 Å². The summed E-state index contributed by atoms with van der Waals surface area (Å²) >= 11 is 0. The molecular weight excluding hydrogens is 174 g/mol. The second kappa shape index (κ2) is 22.9. The van der Waals surface area contributed by atoms with Crippen LogP contribution in [0.15, 0.2) is 0 Å². The van der Waals surface area contributed by atoms with Crippen LogP contribution in [0.2, 0.25) is 0 Å². The molecule has 0 spiro atoms. The Morgan fingerprint density at radius 2 is 1.57 bits per heavy atom. The van der Waals surface area contributed by atoms with Gasteiger partial charge < -0.3 is 9.69 Å². The Kier molecular flexibility index (Phi) is 31.5. The molecule has 0 N–H and O–H groups in total. The van der Waals surface area contributed by atoms with E-state index in [-0.39, 0.29) is 0 Å². The maximum Gasteiger partial charge on any atom is 0.120 e. The quantitative estimate of drug-likeness (QED) is 0.487. The van der Waals surface area contributed by atoms with E-state index >= 15 is 0 Å². The molecular formula is C12H29NO. The SMILES string of the molecule is CC.CC.CCCN(C)CCCC=O. The Labute approximate surface area is 90.7 Å². The Bertz CT molecular complexity index is 84.4. The van der Waals surface area contributed by atoms with Gasteiger partial charge in [0.05, 0.1) is 0 Å². The molecule has 0 aromatic rings. The Balaban J connectivity index is -0.000000266. The normalized spacial score (nSPS) is 8.21. The number of carbonyl (C=O) groups is 1. The van der Waals surface area contributed by atoms with E-state index in [0.29, 0.717) is 6.42 Å². The molecule has 0 aromatic heterocycles. The fourth-order valence-electron chi connectivity index (χ4n) is 0.938. The van der Waals surface area contributed by atoms with Crippen molar-refractivity contribution in [3.63, 3.8) is 0 Å². The van der Waals surface area contributed by atoms with Gasteiger partial charge in [-0.25, -0.2) is 0 Å². The van der Waals surface area contributed by atoms with Crippen LogP contribution in [0.4, 0.5) is 0 Å². The topological polar surface area (TPSA) is 20.3 Å². The summed E-state index contributed by atoms with van der Waals surface area (Å²) in [6.07, 6.45) is 3.88. The van der Waals surface area contributed by atoms with Gasteiger partial charge in [-0.1, -0.05) is 34.6 Å². The summed E-state index contributed by atoms with van der Waals surface area (Å²) in [5.41, 5.74) is 0. The minimum Gasteiger partial charge on any atom is -0.306 e. The van der Waals surface area contributed by atoms with Crippen LogP contribution in [-0.4, -0.2) is 31.3 Å². The summed E-state index contributed by atoms with van der Waals surface area (Å²) < 4.78 is 0. The van der Waals surface area contributed by atoms with Crippen molar-refractivity contribution in [2.75, 3.05) is 20.1 Å². The third kappa shape index (κ3) is 22.6. The van der Waals surface area contributed by atoms with E-state index < -0.39 is 0 Å². The Morgan fingerprint density at radius 3 is 1.93 bits per heavy atom. The standard InChI is InChI=1S/C8H17NO.2C2H6/c1-3-6-9(2)7-4-5-8-10;2*1-2/h8H,3-7H2,1-2H3;2*1-2H3. The molecule has 0 heterocycles. The molecule has 2 heteroatoms. The number of hydrogen-bond acceptors (Lipinski definition) is 2. The smallest absolute Gasteiger partial charge is 0.120 e. The molecule has 0 amide bonds. The van der Waals surface area contributed by atoms with Crippen molar-refractivity contribution in [3.8, 4) is 0 Å². The molecule has 0 aliphatic heterocycles. The number of nitrogens with zero attached hydrogens (tertiary/aromatic N) is 1. The van der Waals surface area contributed by atoms with E-state index in [4.69, 9.17) is 0 Å². The van der Waals surface area contributed by atoms with Gasteiger partial charge in [0.2, 0.25) is 0 Å². The van der Waals surface area contributed by atoms with Gasteiger partial charge in [-0.15, -0.1) is 0 Å². The van der Waals surface area contributed by atoms with Gasteiger partial charge in [0.1, 0.15) is 6.29 Å². The molecule has 0 saturated carbocycles. The lowest BCUT2D eigenvalue weighted by Crippen LogP contribution is -2.20. The highest BCUT2D eigenvalue weighted by Crippen LogP contribution is 1.91. The summed E-state index contributed by atoms with van der Waals surface area (Å²) in [7, 11) is 2.09. The Morgan fingerprint density at radius 1 is 1.07 bits per heavy atom. The maximum absolute atomic E-state index is 9.93. The average Bonchev–Trinajstić information content (AvgIpc) is 2.25. The second-order valence-corrected chi connectivity index (χ2v) is 2.61. The highest BCUT2D eigenvalue weighted by atomic mass is 16.1. The summed E-state index contributed by atoms with van der Waals surface area (Å²) in [6, 6.07) is 0. The lowest BCUT2D eigenvalue weighted by Gasteiger charge is -2.13. The highest BCUT2D eigenvalue weighted by Gasteiger charge is 1.93. The molecule has 0 fully saturated rings. The average molecular weight is 203 g/mol. The zero-order valence-corrected chi connectivity index (χ0v) is 11.0. The summed E-state index contributed by atoms with van der Waals surface area (Å²) in [6.45, 7) is 12.3. The van der Waals surface area contributed by atoms with E-state index in [1.165, 1.54) is 6.42 Å². The molecule has 2 nitrogen and oxygen atoms in total. The molecule has 14 heavy (non-hydrogen) atoms. The first kappa shape index (κ1) is 19.2. The molecule has 0 atom stereocenters. The van der Waals surface area contributed by atoms with Crippen molar-refractivity contribution in [1.29, 1.82) is 0 Å². The van der Waals surface area contributed by atoms with Crippen molar-refractivity contribution in [1.82, 2.24) is 4.90 Å². The van der Waals surface area contributed by atoms with Crippen LogP contribution >= 0.6 is 0 Å². The van der Waals surface area contributed by atoms with E-state index in [0.717, 1.165) is 25.8 Å². The van der Waals surface area contributed by atoms with Crippen LogP contribution in [0.3, 0.4) is 0 Å². The highest BCUT2D eigenvalue weighted by molar-refractivity contribution is 5.48. The molecule has 0 rings (SSSR count). The van der Waals surface area contributed by atoms with E-state index in [2.05, 4.69) is 18.9 Å². The molecule has 88 valence electrons. The fraction of sp³-hybridized carbons (Fsp3) is 0.917. The molecule has 0 saturated heterocycles. The first-order chi connectivity index (χ1) is 6.81. The van der Waals surface area contributed by atoms with Crippen LogP contribution in [-0.2, 0) is 4.79 Å². The summed E-state index contributed by atoms with van der Waals surface area (Å²) in [5.74, 6) is 0. The van der Waals surface area contributed by atoms with Crippen LogP contribution in [0.5, 0.6) is 0 Å². The minimum atomic E-state index is 0.702. The predicted octanol–water partition coefficient (Wildman–Crippen LogP) is 3.36. The van der Waals surface area contributed by atoms with E-state index in [1.807, 2.05) is 27.7 Å². The van der Waals surface area contributed by atoms with Crippen molar-refractivity contribution < 1.29 is 4.79 Å². The number of unbranched alkanes of at least 4 members (excludes halogenated alkanes) is 1. The molecule has 0 bridgehead atoms. The molecule has 0 aromatic carbocycles. The maximum atomic E-state index is 9.93. The molecule has 0 aliphatic rings. The fourth-order valence-corrected chi connectivity index (χ4v) is 0.938. The van der Waals surface area contributed by atoms with Crippen LogP contribution in [0.1, 0.15) is 53.9 Å². The first-order valence-electron chi connectivity index (χ1n) is 5.93. The number of hydrogen-bond donors (Lipinski definition) is 0. The Hall–Kier alpha value is -0.370. The minimum absolute atomic E-state index is 0.702. The van der Waals surface area contributed by atoms with Gasteiger partial charge in [-0.3, -0.25) is 0 Å². The molecule has 0 unspecified atom stereocenters. The molecule has 0 radical (unpaired) electrons. The van der Waals surface area contributed by atoms with Crippen LogP contribution < -0.4 is 0 Å². The van der Waals surface area contributed by atoms with Gasteiger partial charge in [0, 0.05) is 6.42 Å². The van der Waals surface area contributed by atoms with Gasteiger partial charge >= 0.3 is 0 Å². The zero-order valence-electron chi connectivity index (χ0n) is 11.0. The van der Waals surface area contributed by atoms with E-state index in [9.17, 15) is 4.79 Å². The predicted molar refractivity (Wildman–Crippen MR) is 65.8 cm³/mol. The second-order valence-electron chi connectivity index (χ2n) is 2.61. The summed E-state index contributed by atoms with van der Waals surface area (Å²) in [5, 5.41) is 0. The van der Waals surface area contributed by atoms with Gasteiger partial charge in [0.25, 0.3) is 0 Å². The zero-order chi connectivity index (χ0) is 11.8. The van der Waals surface area contributed by atoms with Crippen LogP contribution in [0, 0.1) is 0 Å². The third-order valence-electron chi connectivity index (χ3n) is 1.47. The van der Waals surface area contributed by atoms with Gasteiger partial charge in [-0.2, -0.15) is 0 Å². The first-order valence-corrected chi connectivity index (χ1v) is 5.93. The lowest BCUT2D eigenvalue weighted by molar-refractivity contribution is -0.107. The van der Waals surface area contributed by atoms with Gasteiger partial charge in [0.15, 0.2) is 0 Å². The van der Waals surface area contributed by atoms with Crippen molar-refractivity contribution in [3.05, 3.63) is 0 Å². The number of aldehydes is 1.